The summed E-state index contributed by atoms with van der Waals surface area (Å²) in [5.41, 5.74) is -3.26. The molecule has 13 nitrogen and oxygen atoms in total. The second-order valence-electron chi connectivity index (χ2n) is 10.8. The van der Waals surface area contributed by atoms with E-state index in [1.54, 1.807) is 41.5 Å². The molecule has 3 rings (SSSR count). The highest BCUT2D eigenvalue weighted by Crippen LogP contribution is 2.38. The first-order chi connectivity index (χ1) is 17.1. The average molecular weight is 541 g/mol. The molecular formula is C23H32N4O9S. The average Bonchev–Trinajstić information content (AvgIpc) is 3.28. The van der Waals surface area contributed by atoms with E-state index in [-0.39, 0.29) is 29.5 Å². The fourth-order valence-electron chi connectivity index (χ4n) is 3.33. The molecule has 0 aromatic carbocycles. The lowest BCUT2D eigenvalue weighted by molar-refractivity contribution is -0.197. The minimum absolute atomic E-state index is 0.0851. The Bertz CT molecular complexity index is 1020. The number of thioether (sulfide) groups is 1. The van der Waals surface area contributed by atoms with Crippen molar-refractivity contribution < 1.29 is 43.1 Å². The number of carbonyl (C=O) groups is 5. The number of oxime groups is 1. The number of carbonyl (C=O) groups excluding carboxylic acids is 5. The van der Waals surface area contributed by atoms with Crippen LogP contribution in [0.5, 0.6) is 0 Å². The van der Waals surface area contributed by atoms with Gasteiger partial charge >= 0.3 is 18.0 Å². The van der Waals surface area contributed by atoms with Gasteiger partial charge in [-0.15, -0.1) is 5.06 Å². The summed E-state index contributed by atoms with van der Waals surface area (Å²) in [6.07, 6.45) is 0.433. The second kappa shape index (κ2) is 10.7. The zero-order valence-electron chi connectivity index (χ0n) is 21.7. The van der Waals surface area contributed by atoms with Crippen molar-refractivity contribution in [2.45, 2.75) is 96.5 Å². The van der Waals surface area contributed by atoms with Gasteiger partial charge in [0, 0.05) is 31.4 Å². The van der Waals surface area contributed by atoms with Crippen LogP contribution in [0.4, 0.5) is 4.79 Å². The Morgan fingerprint density at radius 1 is 1.03 bits per heavy atom. The molecule has 14 heteroatoms. The molecule has 1 atom stereocenters. The van der Waals surface area contributed by atoms with E-state index in [2.05, 4.69) is 15.5 Å². The lowest BCUT2D eigenvalue weighted by atomic mass is 9.80. The number of nitrogens with zero attached hydrogens (tertiary/aromatic N) is 3. The van der Waals surface area contributed by atoms with Crippen LogP contribution in [0.1, 0.15) is 73.6 Å². The third-order valence-corrected chi connectivity index (χ3v) is 6.18. The normalized spacial score (nSPS) is 21.7. The number of amides is 3. The maximum atomic E-state index is 13.0. The zero-order valence-corrected chi connectivity index (χ0v) is 22.6. The van der Waals surface area contributed by atoms with Crippen LogP contribution in [0, 0.1) is 0 Å². The van der Waals surface area contributed by atoms with Crippen LogP contribution < -0.4 is 5.32 Å². The number of alkyl carbamates (subject to hydrolysis) is 1. The van der Waals surface area contributed by atoms with Gasteiger partial charge in [-0.3, -0.25) is 19.9 Å². The monoisotopic (exact) mass is 540 g/mol. The molecule has 0 aromatic rings. The number of amidine groups is 1. The van der Waals surface area contributed by atoms with E-state index in [1.165, 1.54) is 0 Å². The highest BCUT2D eigenvalue weighted by Gasteiger charge is 2.51. The molecule has 2 fully saturated rings. The standard InChI is InChI=1S/C23H32N4O9S/c1-21(2,3)33-18(31)23(10-7-11-23)36-26-16(17(30)35-27-14(28)8-9-15(27)29)13-12-37-19(24-13)25-20(32)34-22(4,5)6/h13H,7-12H2,1-6H3,(H,24,25,32)/b26-16-. The molecule has 0 aromatic heterocycles. The van der Waals surface area contributed by atoms with Crippen molar-refractivity contribution in [1.29, 1.82) is 0 Å². The molecule has 1 aliphatic carbocycles. The van der Waals surface area contributed by atoms with E-state index in [0.29, 0.717) is 24.3 Å². The van der Waals surface area contributed by atoms with Crippen molar-refractivity contribution in [3.8, 4) is 0 Å². The molecule has 1 unspecified atom stereocenters. The largest absolute Gasteiger partial charge is 0.457 e. The molecule has 3 amide bonds. The molecular weight excluding hydrogens is 508 g/mol. The molecule has 1 N–H and O–H groups in total. The number of imide groups is 1. The summed E-state index contributed by atoms with van der Waals surface area (Å²) in [7, 11) is 0. The zero-order chi connectivity index (χ0) is 27.6. The van der Waals surface area contributed by atoms with Crippen molar-refractivity contribution in [2.75, 3.05) is 5.75 Å². The molecule has 1 saturated heterocycles. The Morgan fingerprint density at radius 3 is 2.14 bits per heavy atom. The van der Waals surface area contributed by atoms with Crippen LogP contribution >= 0.6 is 11.8 Å². The molecule has 3 aliphatic rings. The highest BCUT2D eigenvalue weighted by atomic mass is 32.2. The lowest BCUT2D eigenvalue weighted by Crippen LogP contribution is -2.50. The molecule has 204 valence electrons. The first-order valence-corrected chi connectivity index (χ1v) is 12.9. The smallest absolute Gasteiger partial charge is 0.413 e. The van der Waals surface area contributed by atoms with E-state index in [1.807, 2.05) is 0 Å². The number of nitrogens with one attached hydrogen (secondary N) is 1. The first-order valence-electron chi connectivity index (χ1n) is 11.9. The van der Waals surface area contributed by atoms with Gasteiger partial charge in [-0.25, -0.2) is 14.4 Å². The summed E-state index contributed by atoms with van der Waals surface area (Å²) in [4.78, 5) is 76.8. The first kappa shape index (κ1) is 28.4. The van der Waals surface area contributed by atoms with E-state index in [4.69, 9.17) is 19.1 Å². The number of esters is 1. The Labute approximate surface area is 218 Å². The molecule has 1 saturated carbocycles. The van der Waals surface area contributed by atoms with Crippen LogP contribution in [-0.2, 0) is 38.3 Å². The number of aliphatic imine (C=N–C) groups is 1. The topological polar surface area (TPSA) is 162 Å². The van der Waals surface area contributed by atoms with Crippen LogP contribution in [0.3, 0.4) is 0 Å². The Kier molecular flexibility index (Phi) is 8.20. The van der Waals surface area contributed by atoms with Crippen molar-refractivity contribution in [1.82, 2.24) is 10.4 Å². The van der Waals surface area contributed by atoms with Gasteiger partial charge in [0.15, 0.2) is 10.9 Å². The number of hydroxylamine groups is 2. The van der Waals surface area contributed by atoms with E-state index in [0.717, 1.165) is 11.8 Å². The molecule has 2 heterocycles. The van der Waals surface area contributed by atoms with Gasteiger partial charge in [-0.05, 0) is 48.0 Å². The summed E-state index contributed by atoms with van der Waals surface area (Å²) in [5.74, 6) is -2.94. The molecule has 37 heavy (non-hydrogen) atoms. The van der Waals surface area contributed by atoms with Crippen molar-refractivity contribution in [3.05, 3.63) is 0 Å². The van der Waals surface area contributed by atoms with Gasteiger partial charge in [-0.2, -0.15) is 0 Å². The number of ether oxygens (including phenoxy) is 2. The molecule has 2 aliphatic heterocycles. The maximum Gasteiger partial charge on any atom is 0.413 e. The fourth-order valence-corrected chi connectivity index (χ4v) is 4.24. The minimum Gasteiger partial charge on any atom is -0.457 e. The van der Waals surface area contributed by atoms with Crippen molar-refractivity contribution in [2.24, 2.45) is 10.1 Å². The van der Waals surface area contributed by atoms with Crippen LogP contribution in [0.25, 0.3) is 0 Å². The Balaban J connectivity index is 1.82. The van der Waals surface area contributed by atoms with Gasteiger partial charge in [-0.1, -0.05) is 16.9 Å². The summed E-state index contributed by atoms with van der Waals surface area (Å²) in [6, 6.07) is -0.967. The van der Waals surface area contributed by atoms with Gasteiger partial charge in [0.1, 0.15) is 17.2 Å². The summed E-state index contributed by atoms with van der Waals surface area (Å²) in [5, 5.41) is 6.99. The van der Waals surface area contributed by atoms with Gasteiger partial charge in [0.05, 0.1) is 0 Å². The van der Waals surface area contributed by atoms with Crippen molar-refractivity contribution in [3.63, 3.8) is 0 Å². The van der Waals surface area contributed by atoms with E-state index in [9.17, 15) is 24.0 Å². The predicted molar refractivity (Wildman–Crippen MR) is 131 cm³/mol. The quantitative estimate of drug-likeness (QED) is 0.229. The maximum absolute atomic E-state index is 13.0. The van der Waals surface area contributed by atoms with Gasteiger partial charge < -0.3 is 19.1 Å². The molecule has 0 bridgehead atoms. The predicted octanol–water partition coefficient (Wildman–Crippen LogP) is 2.23. The minimum atomic E-state index is -1.38. The summed E-state index contributed by atoms with van der Waals surface area (Å²) >= 11 is 1.12. The molecule has 0 radical (unpaired) electrons. The summed E-state index contributed by atoms with van der Waals surface area (Å²) in [6.45, 7) is 10.3. The van der Waals surface area contributed by atoms with E-state index >= 15 is 0 Å². The fraction of sp³-hybridized carbons (Fsp3) is 0.696. The molecule has 0 spiro atoms. The lowest BCUT2D eigenvalue weighted by Gasteiger charge is -2.38. The number of rotatable bonds is 6. The Morgan fingerprint density at radius 2 is 1.62 bits per heavy atom. The third-order valence-electron chi connectivity index (χ3n) is 5.21. The third kappa shape index (κ3) is 7.43. The SMILES string of the molecule is CC(C)(C)OC(=O)NC1=NC(/C(=N/OC2(C(=O)OC(C)(C)C)CCC2)C(=O)ON2C(=O)CCC2=O)CS1. The Hall–Kier alpha value is -3.16. The van der Waals surface area contributed by atoms with Crippen LogP contribution in [0.2, 0.25) is 0 Å². The highest BCUT2D eigenvalue weighted by molar-refractivity contribution is 8.14. The van der Waals surface area contributed by atoms with Crippen LogP contribution in [-0.4, -0.2) is 74.4 Å². The van der Waals surface area contributed by atoms with Gasteiger partial charge in [0.2, 0.25) is 5.60 Å². The van der Waals surface area contributed by atoms with Gasteiger partial charge in [0.25, 0.3) is 11.8 Å². The summed E-state index contributed by atoms with van der Waals surface area (Å²) < 4.78 is 10.7. The second-order valence-corrected chi connectivity index (χ2v) is 11.8. The number of hydrogen-bond donors (Lipinski definition) is 1. The van der Waals surface area contributed by atoms with Crippen LogP contribution in [0.15, 0.2) is 10.1 Å². The number of hydrogen-bond acceptors (Lipinski definition) is 12. The van der Waals surface area contributed by atoms with E-state index < -0.39 is 52.7 Å². The van der Waals surface area contributed by atoms with Crippen molar-refractivity contribution >= 4 is 52.5 Å².